The number of sulfonamides is 1. The molecule has 0 spiro atoms. The molecule has 0 bridgehead atoms. The summed E-state index contributed by atoms with van der Waals surface area (Å²) in [7, 11) is -2.82. The summed E-state index contributed by atoms with van der Waals surface area (Å²) in [5.41, 5.74) is 2.58. The summed E-state index contributed by atoms with van der Waals surface area (Å²) in [6, 6.07) is 24.5. The average molecular weight is 776 g/mol. The minimum absolute atomic E-state index is 0.0497. The van der Waals surface area contributed by atoms with Crippen LogP contribution in [0, 0.1) is 12.8 Å². The fourth-order valence-corrected chi connectivity index (χ4v) is 7.59. The van der Waals surface area contributed by atoms with Crippen molar-refractivity contribution < 1.29 is 22.7 Å². The van der Waals surface area contributed by atoms with Crippen molar-refractivity contribution in [1.29, 1.82) is 0 Å². The Hall–Kier alpha value is -3.57. The predicted octanol–water partition coefficient (Wildman–Crippen LogP) is 7.68. The Bertz CT molecular complexity index is 1840. The topological polar surface area (TPSA) is 96.0 Å². The van der Waals surface area contributed by atoms with E-state index in [4.69, 9.17) is 27.9 Å². The summed E-state index contributed by atoms with van der Waals surface area (Å²) in [6.45, 7) is 5.57. The summed E-state index contributed by atoms with van der Waals surface area (Å²) < 4.78 is 35.5. The quantitative estimate of drug-likeness (QED) is 0.142. The smallest absolute Gasteiger partial charge is 0.264 e. The number of ether oxygens (including phenoxy) is 1. The normalized spacial score (nSPS) is 12.0. The summed E-state index contributed by atoms with van der Waals surface area (Å²) >= 11 is 16.1. The lowest BCUT2D eigenvalue weighted by atomic mass is 10.0. The fraction of sp³-hybridized carbons (Fsp3) is 0.278. The number of halogens is 3. The van der Waals surface area contributed by atoms with Crippen molar-refractivity contribution in [3.05, 3.63) is 122 Å². The molecule has 0 aromatic heterocycles. The van der Waals surface area contributed by atoms with Crippen molar-refractivity contribution >= 4 is 66.7 Å². The molecule has 0 fully saturated rings. The lowest BCUT2D eigenvalue weighted by molar-refractivity contribution is -0.140. The number of methoxy groups -OCH3 is 1. The molecule has 8 nitrogen and oxygen atoms in total. The van der Waals surface area contributed by atoms with Crippen molar-refractivity contribution in [3.8, 4) is 5.75 Å². The van der Waals surface area contributed by atoms with E-state index in [0.717, 1.165) is 15.4 Å². The molecule has 0 aliphatic rings. The second kappa shape index (κ2) is 16.7. The van der Waals surface area contributed by atoms with Gasteiger partial charge in [0.05, 0.1) is 22.2 Å². The SMILES string of the molecule is COc1ccc(S(=O)(=O)N(CC(=O)N(Cc2ccc(Cl)cc2Cl)[C@H](Cc2ccccc2)C(=O)NCC(C)C)c2ccc(C)cc2)cc1Br. The molecule has 48 heavy (non-hydrogen) atoms. The lowest BCUT2D eigenvalue weighted by Crippen LogP contribution is -2.53. The van der Waals surface area contributed by atoms with Crippen LogP contribution in [0.3, 0.4) is 0 Å². The molecule has 0 saturated carbocycles. The Morgan fingerprint density at radius 1 is 0.938 bits per heavy atom. The van der Waals surface area contributed by atoms with Crippen LogP contribution in [0.1, 0.15) is 30.5 Å². The number of anilines is 1. The molecular weight excluding hydrogens is 737 g/mol. The third-order valence-electron chi connectivity index (χ3n) is 7.62. The molecule has 12 heteroatoms. The molecule has 4 aromatic rings. The molecule has 2 amide bonds. The van der Waals surface area contributed by atoms with E-state index in [2.05, 4.69) is 21.2 Å². The van der Waals surface area contributed by atoms with Crippen LogP contribution in [0.4, 0.5) is 5.69 Å². The first-order valence-corrected chi connectivity index (χ1v) is 18.3. The fourth-order valence-electron chi connectivity index (χ4n) is 4.98. The van der Waals surface area contributed by atoms with Crippen LogP contribution in [0.2, 0.25) is 10.0 Å². The van der Waals surface area contributed by atoms with E-state index in [9.17, 15) is 18.0 Å². The van der Waals surface area contributed by atoms with Gasteiger partial charge in [0, 0.05) is 29.6 Å². The minimum atomic E-state index is -4.30. The zero-order valence-corrected chi connectivity index (χ0v) is 31.0. The van der Waals surface area contributed by atoms with Gasteiger partial charge in [-0.3, -0.25) is 13.9 Å². The average Bonchev–Trinajstić information content (AvgIpc) is 3.05. The van der Waals surface area contributed by atoms with Crippen LogP contribution in [0.25, 0.3) is 0 Å². The van der Waals surface area contributed by atoms with Crippen molar-refractivity contribution in [2.75, 3.05) is 24.5 Å². The van der Waals surface area contributed by atoms with Crippen LogP contribution in [-0.4, -0.2) is 51.4 Å². The molecule has 254 valence electrons. The number of hydrogen-bond acceptors (Lipinski definition) is 5. The Kier molecular flexibility index (Phi) is 13.0. The van der Waals surface area contributed by atoms with Gasteiger partial charge in [0.15, 0.2) is 0 Å². The predicted molar refractivity (Wildman–Crippen MR) is 195 cm³/mol. The van der Waals surface area contributed by atoms with Crippen molar-refractivity contribution in [2.45, 2.75) is 44.7 Å². The second-order valence-corrected chi connectivity index (χ2v) is 15.3. The van der Waals surface area contributed by atoms with Gasteiger partial charge < -0.3 is 15.0 Å². The standard InChI is InChI=1S/C36H38BrCl2N3O5S/c1-24(2)21-40-36(44)33(18-26-8-6-5-7-9-26)41(22-27-12-13-28(38)19-32(27)39)35(43)23-42(29-14-10-25(3)11-15-29)48(45,46)30-16-17-34(47-4)31(37)20-30/h5-17,19-20,24,33H,18,21-23H2,1-4H3,(H,40,44)/t33-/m1/s1. The van der Waals surface area contributed by atoms with Gasteiger partial charge in [-0.2, -0.15) is 0 Å². The van der Waals surface area contributed by atoms with Crippen molar-refractivity contribution in [1.82, 2.24) is 10.2 Å². The van der Waals surface area contributed by atoms with Crippen LogP contribution in [-0.2, 0) is 32.6 Å². The molecule has 0 aliphatic carbocycles. The molecule has 0 unspecified atom stereocenters. The molecule has 4 aromatic carbocycles. The number of nitrogens with zero attached hydrogens (tertiary/aromatic N) is 2. The first kappa shape index (κ1) is 37.3. The summed E-state index contributed by atoms with van der Waals surface area (Å²) in [5.74, 6) is -0.352. The third-order valence-corrected chi connectivity index (χ3v) is 10.6. The number of carbonyl (C=O) groups is 2. The van der Waals surface area contributed by atoms with E-state index in [0.29, 0.717) is 32.4 Å². The highest BCUT2D eigenvalue weighted by molar-refractivity contribution is 9.10. The number of amides is 2. The monoisotopic (exact) mass is 773 g/mol. The van der Waals surface area contributed by atoms with Gasteiger partial charge in [0.25, 0.3) is 10.0 Å². The zero-order chi connectivity index (χ0) is 35.0. The summed E-state index contributed by atoms with van der Waals surface area (Å²) in [4.78, 5) is 29.9. The number of carbonyl (C=O) groups excluding carboxylic acids is 2. The van der Waals surface area contributed by atoms with E-state index in [1.165, 1.54) is 30.2 Å². The number of hydrogen-bond donors (Lipinski definition) is 1. The Balaban J connectivity index is 1.83. The first-order valence-electron chi connectivity index (χ1n) is 15.3. The molecule has 0 radical (unpaired) electrons. The van der Waals surface area contributed by atoms with Gasteiger partial charge in [0.1, 0.15) is 18.3 Å². The van der Waals surface area contributed by atoms with E-state index in [1.807, 2.05) is 51.1 Å². The Labute approximate surface area is 301 Å². The van der Waals surface area contributed by atoms with Gasteiger partial charge in [-0.1, -0.05) is 91.1 Å². The van der Waals surface area contributed by atoms with Crippen LogP contribution >= 0.6 is 39.1 Å². The molecule has 1 atom stereocenters. The van der Waals surface area contributed by atoms with E-state index >= 15 is 0 Å². The molecule has 0 aliphatic heterocycles. The van der Waals surface area contributed by atoms with E-state index in [-0.39, 0.29) is 35.4 Å². The van der Waals surface area contributed by atoms with Gasteiger partial charge >= 0.3 is 0 Å². The number of benzene rings is 4. The Morgan fingerprint density at radius 3 is 2.23 bits per heavy atom. The third kappa shape index (κ3) is 9.53. The first-order chi connectivity index (χ1) is 22.8. The van der Waals surface area contributed by atoms with E-state index < -0.39 is 28.5 Å². The van der Waals surface area contributed by atoms with Gasteiger partial charge in [-0.25, -0.2) is 8.42 Å². The second-order valence-electron chi connectivity index (χ2n) is 11.7. The van der Waals surface area contributed by atoms with Gasteiger partial charge in [0.2, 0.25) is 11.8 Å². The molecule has 1 N–H and O–H groups in total. The van der Waals surface area contributed by atoms with Gasteiger partial charge in [-0.15, -0.1) is 0 Å². The maximum atomic E-state index is 14.6. The highest BCUT2D eigenvalue weighted by Gasteiger charge is 2.35. The minimum Gasteiger partial charge on any atom is -0.496 e. The van der Waals surface area contributed by atoms with Crippen molar-refractivity contribution in [2.24, 2.45) is 5.92 Å². The van der Waals surface area contributed by atoms with Crippen molar-refractivity contribution in [3.63, 3.8) is 0 Å². The highest BCUT2D eigenvalue weighted by Crippen LogP contribution is 2.31. The summed E-state index contributed by atoms with van der Waals surface area (Å²) in [6.07, 6.45) is 0.185. The zero-order valence-electron chi connectivity index (χ0n) is 27.1. The molecule has 0 heterocycles. The van der Waals surface area contributed by atoms with Crippen LogP contribution in [0.15, 0.2) is 100 Å². The lowest BCUT2D eigenvalue weighted by Gasteiger charge is -2.34. The number of nitrogens with one attached hydrogen (secondary N) is 1. The maximum absolute atomic E-state index is 14.6. The van der Waals surface area contributed by atoms with E-state index in [1.54, 1.807) is 42.5 Å². The highest BCUT2D eigenvalue weighted by atomic mass is 79.9. The largest absolute Gasteiger partial charge is 0.496 e. The maximum Gasteiger partial charge on any atom is 0.264 e. The Morgan fingerprint density at radius 2 is 1.62 bits per heavy atom. The molecule has 0 saturated heterocycles. The molecular formula is C36H38BrCl2N3O5S. The van der Waals surface area contributed by atoms with Crippen LogP contribution in [0.5, 0.6) is 5.75 Å². The number of rotatable bonds is 14. The van der Waals surface area contributed by atoms with Crippen LogP contribution < -0.4 is 14.4 Å². The molecule has 4 rings (SSSR count). The summed E-state index contributed by atoms with van der Waals surface area (Å²) in [5, 5.41) is 3.70. The number of aryl methyl sites for hydroxylation is 1. The van der Waals surface area contributed by atoms with Gasteiger partial charge in [-0.05, 0) is 82.4 Å².